The zero-order valence-electron chi connectivity index (χ0n) is 12.3. The number of ether oxygens (including phenoxy) is 2. The molecule has 0 fully saturated rings. The second-order valence-corrected chi connectivity index (χ2v) is 4.95. The summed E-state index contributed by atoms with van der Waals surface area (Å²) in [6, 6.07) is 7.79. The van der Waals surface area contributed by atoms with E-state index in [4.69, 9.17) is 9.47 Å². The van der Waals surface area contributed by atoms with Crippen LogP contribution in [0.25, 0.3) is 0 Å². The van der Waals surface area contributed by atoms with Crippen LogP contribution in [-0.2, 0) is 14.3 Å². The second kappa shape index (κ2) is 8.35. The Hall–Kier alpha value is -1.84. The Bertz CT molecular complexity index is 452. The fourth-order valence-corrected chi connectivity index (χ4v) is 1.67. The van der Waals surface area contributed by atoms with Crippen LogP contribution in [0.15, 0.2) is 24.3 Å². The lowest BCUT2D eigenvalue weighted by Crippen LogP contribution is -2.20. The molecule has 0 N–H and O–H groups in total. The predicted octanol–water partition coefficient (Wildman–Crippen LogP) is 3.06. The molecule has 4 heteroatoms. The number of unbranched alkanes of at least 4 members (excludes halogenated alkanes) is 1. The van der Waals surface area contributed by atoms with E-state index < -0.39 is 11.8 Å². The molecule has 4 nitrogen and oxygen atoms in total. The molecule has 1 rings (SSSR count). The third-order valence-corrected chi connectivity index (χ3v) is 2.72. The Labute approximate surface area is 120 Å². The molecule has 0 heterocycles. The predicted molar refractivity (Wildman–Crippen MR) is 76.8 cm³/mol. The molecule has 0 spiro atoms. The molecule has 1 aromatic carbocycles. The molecule has 0 aliphatic heterocycles. The van der Waals surface area contributed by atoms with E-state index in [0.717, 1.165) is 17.7 Å². The number of hydrogen-bond donors (Lipinski definition) is 0. The van der Waals surface area contributed by atoms with Crippen molar-refractivity contribution in [3.63, 3.8) is 0 Å². The van der Waals surface area contributed by atoms with Crippen LogP contribution in [0, 0.1) is 6.92 Å². The summed E-state index contributed by atoms with van der Waals surface area (Å²) in [5, 5.41) is 0. The van der Waals surface area contributed by atoms with E-state index in [9.17, 15) is 9.59 Å². The van der Waals surface area contributed by atoms with Gasteiger partial charge < -0.3 is 9.47 Å². The Morgan fingerprint density at radius 2 is 1.85 bits per heavy atom. The lowest BCUT2D eigenvalue weighted by molar-refractivity contribution is -0.156. The van der Waals surface area contributed by atoms with Crippen LogP contribution >= 0.6 is 0 Å². The number of ketones is 1. The van der Waals surface area contributed by atoms with E-state index in [1.54, 1.807) is 13.8 Å². The number of para-hydroxylation sites is 1. The minimum atomic E-state index is -0.736. The van der Waals surface area contributed by atoms with Gasteiger partial charge in [-0.1, -0.05) is 18.2 Å². The lowest BCUT2D eigenvalue weighted by Gasteiger charge is -2.09. The van der Waals surface area contributed by atoms with Crippen LogP contribution in [0.3, 0.4) is 0 Å². The molecule has 0 saturated heterocycles. The first kappa shape index (κ1) is 16.2. The van der Waals surface area contributed by atoms with Crippen LogP contribution in [0.1, 0.15) is 38.7 Å². The van der Waals surface area contributed by atoms with Gasteiger partial charge in [0.25, 0.3) is 0 Å². The van der Waals surface area contributed by atoms with Crippen molar-refractivity contribution in [2.45, 2.75) is 46.1 Å². The summed E-state index contributed by atoms with van der Waals surface area (Å²) in [6.07, 6.45) is 1.31. The minimum Gasteiger partial charge on any atom is -0.493 e. The molecule has 0 bridgehead atoms. The normalized spacial score (nSPS) is 10.4. The first-order valence-corrected chi connectivity index (χ1v) is 6.93. The zero-order chi connectivity index (χ0) is 15.0. The van der Waals surface area contributed by atoms with Crippen LogP contribution in [0.4, 0.5) is 0 Å². The van der Waals surface area contributed by atoms with Crippen LogP contribution in [0.2, 0.25) is 0 Å². The number of esters is 1. The van der Waals surface area contributed by atoms with Crippen LogP contribution in [0.5, 0.6) is 5.75 Å². The van der Waals surface area contributed by atoms with E-state index in [1.807, 2.05) is 31.2 Å². The van der Waals surface area contributed by atoms with E-state index in [1.165, 1.54) is 0 Å². The van der Waals surface area contributed by atoms with Crippen LogP contribution in [-0.4, -0.2) is 24.5 Å². The Morgan fingerprint density at radius 3 is 2.50 bits per heavy atom. The SMILES string of the molecule is Cc1ccccc1OCCCCC(=O)C(=O)OC(C)C. The van der Waals surface area contributed by atoms with Gasteiger partial charge in [-0.15, -0.1) is 0 Å². The van der Waals surface area contributed by atoms with Gasteiger partial charge in [0.2, 0.25) is 5.78 Å². The van der Waals surface area contributed by atoms with Crippen molar-refractivity contribution in [2.75, 3.05) is 6.61 Å². The molecule has 0 aliphatic rings. The average Bonchev–Trinajstić information content (AvgIpc) is 2.39. The topological polar surface area (TPSA) is 52.6 Å². The number of benzene rings is 1. The fraction of sp³-hybridized carbons (Fsp3) is 0.500. The third kappa shape index (κ3) is 5.87. The molecule has 0 aliphatic carbocycles. The average molecular weight is 278 g/mol. The number of carbonyl (C=O) groups is 2. The third-order valence-electron chi connectivity index (χ3n) is 2.72. The highest BCUT2D eigenvalue weighted by molar-refractivity contribution is 6.33. The molecular weight excluding hydrogens is 256 g/mol. The first-order valence-electron chi connectivity index (χ1n) is 6.93. The van der Waals surface area contributed by atoms with Crippen molar-refractivity contribution in [3.05, 3.63) is 29.8 Å². The highest BCUT2D eigenvalue weighted by Crippen LogP contribution is 2.16. The molecular formula is C16H22O4. The monoisotopic (exact) mass is 278 g/mol. The van der Waals surface area contributed by atoms with Crippen molar-refractivity contribution in [1.82, 2.24) is 0 Å². The van der Waals surface area contributed by atoms with Gasteiger partial charge in [0.15, 0.2) is 0 Å². The lowest BCUT2D eigenvalue weighted by atomic mass is 10.2. The summed E-state index contributed by atoms with van der Waals surface area (Å²) < 4.78 is 10.5. The van der Waals surface area contributed by atoms with E-state index in [2.05, 4.69) is 0 Å². The molecule has 0 saturated carbocycles. The van der Waals surface area contributed by atoms with Crippen molar-refractivity contribution in [1.29, 1.82) is 0 Å². The van der Waals surface area contributed by atoms with Gasteiger partial charge >= 0.3 is 5.97 Å². The molecule has 0 amide bonds. The van der Waals surface area contributed by atoms with Gasteiger partial charge in [0, 0.05) is 6.42 Å². The number of rotatable bonds is 8. The summed E-state index contributed by atoms with van der Waals surface area (Å²) in [4.78, 5) is 22.7. The Morgan fingerprint density at radius 1 is 1.15 bits per heavy atom. The maximum atomic E-state index is 11.5. The smallest absolute Gasteiger partial charge is 0.374 e. The highest BCUT2D eigenvalue weighted by atomic mass is 16.5. The summed E-state index contributed by atoms with van der Waals surface area (Å²) >= 11 is 0. The first-order chi connectivity index (χ1) is 9.50. The summed E-state index contributed by atoms with van der Waals surface area (Å²) in [5.41, 5.74) is 1.09. The van der Waals surface area contributed by atoms with Gasteiger partial charge in [0.05, 0.1) is 12.7 Å². The molecule has 1 aromatic rings. The summed E-state index contributed by atoms with van der Waals surface area (Å²) in [7, 11) is 0. The Kier molecular flexibility index (Phi) is 6.77. The number of hydrogen-bond acceptors (Lipinski definition) is 4. The van der Waals surface area contributed by atoms with Crippen molar-refractivity contribution < 1.29 is 19.1 Å². The summed E-state index contributed by atoms with van der Waals surface area (Å²) in [5.74, 6) is -0.340. The second-order valence-electron chi connectivity index (χ2n) is 4.95. The Balaban J connectivity index is 2.18. The standard InChI is InChI=1S/C16H22O4/c1-12(2)20-16(18)14(17)9-6-7-11-19-15-10-5-4-8-13(15)3/h4-5,8,10,12H,6-7,9,11H2,1-3H3. The summed E-state index contributed by atoms with van der Waals surface area (Å²) in [6.45, 7) is 5.97. The van der Waals surface area contributed by atoms with Gasteiger partial charge in [-0.2, -0.15) is 0 Å². The molecule has 0 aromatic heterocycles. The molecule has 0 radical (unpaired) electrons. The van der Waals surface area contributed by atoms with E-state index in [0.29, 0.717) is 13.0 Å². The molecule has 110 valence electrons. The van der Waals surface area contributed by atoms with Gasteiger partial charge in [-0.25, -0.2) is 4.79 Å². The van der Waals surface area contributed by atoms with Crippen LogP contribution < -0.4 is 4.74 Å². The molecule has 20 heavy (non-hydrogen) atoms. The highest BCUT2D eigenvalue weighted by Gasteiger charge is 2.15. The molecule has 0 unspecified atom stereocenters. The maximum absolute atomic E-state index is 11.5. The number of Topliss-reactive ketones (excluding diaryl/α,β-unsaturated/α-hetero) is 1. The van der Waals surface area contributed by atoms with E-state index in [-0.39, 0.29) is 12.5 Å². The quantitative estimate of drug-likeness (QED) is 0.416. The van der Waals surface area contributed by atoms with Gasteiger partial charge in [-0.05, 0) is 45.2 Å². The number of aryl methyl sites for hydroxylation is 1. The van der Waals surface area contributed by atoms with Crippen molar-refractivity contribution >= 4 is 11.8 Å². The minimum absolute atomic E-state index is 0.211. The van der Waals surface area contributed by atoms with Gasteiger partial charge in [-0.3, -0.25) is 4.79 Å². The number of carbonyl (C=O) groups excluding carboxylic acids is 2. The maximum Gasteiger partial charge on any atom is 0.374 e. The van der Waals surface area contributed by atoms with Crippen molar-refractivity contribution in [2.24, 2.45) is 0 Å². The van der Waals surface area contributed by atoms with E-state index >= 15 is 0 Å². The largest absolute Gasteiger partial charge is 0.493 e. The molecule has 0 atom stereocenters. The van der Waals surface area contributed by atoms with Gasteiger partial charge in [0.1, 0.15) is 5.75 Å². The zero-order valence-corrected chi connectivity index (χ0v) is 12.3. The fourth-order valence-electron chi connectivity index (χ4n) is 1.67. The van der Waals surface area contributed by atoms with Crippen molar-refractivity contribution in [3.8, 4) is 5.75 Å².